The van der Waals surface area contributed by atoms with E-state index in [0.717, 1.165) is 11.1 Å². The Hall–Kier alpha value is -3.52. The van der Waals surface area contributed by atoms with Gasteiger partial charge in [-0.3, -0.25) is 4.90 Å². The summed E-state index contributed by atoms with van der Waals surface area (Å²) in [6.45, 7) is 1.92. The summed E-state index contributed by atoms with van der Waals surface area (Å²) in [5, 5.41) is 2.89. The molecule has 1 atom stereocenters. The number of rotatable bonds is 3. The molecule has 0 saturated heterocycles. The van der Waals surface area contributed by atoms with E-state index in [1.807, 2.05) is 60.7 Å². The zero-order valence-electron chi connectivity index (χ0n) is 15.2. The highest BCUT2D eigenvalue weighted by molar-refractivity contribution is 5.95. The van der Waals surface area contributed by atoms with E-state index in [4.69, 9.17) is 4.74 Å². The number of carbonyl (C=O) groups excluding carboxylic acids is 2. The third kappa shape index (κ3) is 4.01. The molecule has 5 nitrogen and oxygen atoms in total. The predicted molar refractivity (Wildman–Crippen MR) is 102 cm³/mol. The number of ether oxygens (including phenoxy) is 1. The second kappa shape index (κ2) is 8.24. The molecule has 2 amide bonds. The van der Waals surface area contributed by atoms with Gasteiger partial charge in [0.1, 0.15) is 0 Å². The lowest BCUT2D eigenvalue weighted by atomic mass is 9.95. The highest BCUT2D eigenvalue weighted by atomic mass is 16.5. The van der Waals surface area contributed by atoms with Gasteiger partial charge >= 0.3 is 12.0 Å². The number of urea groups is 1. The topological polar surface area (TPSA) is 58.6 Å². The van der Waals surface area contributed by atoms with Crippen molar-refractivity contribution < 1.29 is 14.3 Å². The molecule has 0 bridgehead atoms. The lowest BCUT2D eigenvalue weighted by Gasteiger charge is -2.34. The van der Waals surface area contributed by atoms with Crippen LogP contribution in [0.5, 0.6) is 0 Å². The van der Waals surface area contributed by atoms with Crippen molar-refractivity contribution >= 4 is 12.0 Å². The Kier molecular flexibility index (Phi) is 5.58. The highest BCUT2D eigenvalue weighted by Crippen LogP contribution is 2.30. The van der Waals surface area contributed by atoms with Crippen LogP contribution in [0.15, 0.2) is 71.9 Å². The largest absolute Gasteiger partial charge is 0.466 e. The Labute approximate surface area is 158 Å². The van der Waals surface area contributed by atoms with E-state index in [2.05, 4.69) is 17.2 Å². The van der Waals surface area contributed by atoms with Crippen LogP contribution in [0.2, 0.25) is 0 Å². The molecule has 136 valence electrons. The zero-order chi connectivity index (χ0) is 19.2. The first kappa shape index (κ1) is 18.3. The van der Waals surface area contributed by atoms with Gasteiger partial charge in [-0.15, -0.1) is 0 Å². The molecule has 0 fully saturated rings. The first-order valence-corrected chi connectivity index (χ1v) is 8.58. The van der Waals surface area contributed by atoms with Gasteiger partial charge in [0.15, 0.2) is 0 Å². The fourth-order valence-electron chi connectivity index (χ4n) is 2.98. The molecule has 5 heteroatoms. The molecule has 1 aliphatic rings. The molecule has 0 saturated carbocycles. The van der Waals surface area contributed by atoms with E-state index in [1.54, 1.807) is 6.92 Å². The highest BCUT2D eigenvalue weighted by Gasteiger charge is 2.35. The predicted octanol–water partition coefficient (Wildman–Crippen LogP) is 3.25. The SMILES string of the molecule is COC(=O)C1=C(C)N(CC#Cc2ccccc2)C(=O)NC1c1ccccc1. The Balaban J connectivity index is 1.93. The summed E-state index contributed by atoms with van der Waals surface area (Å²) in [5.41, 5.74) is 2.64. The van der Waals surface area contributed by atoms with Crippen LogP contribution in [0.4, 0.5) is 4.79 Å². The molecule has 1 N–H and O–H groups in total. The maximum atomic E-state index is 12.6. The molecule has 0 aromatic heterocycles. The van der Waals surface area contributed by atoms with Crippen molar-refractivity contribution in [2.75, 3.05) is 13.7 Å². The van der Waals surface area contributed by atoms with Crippen LogP contribution in [0, 0.1) is 11.8 Å². The van der Waals surface area contributed by atoms with E-state index in [-0.39, 0.29) is 12.6 Å². The van der Waals surface area contributed by atoms with Gasteiger partial charge in [-0.2, -0.15) is 0 Å². The maximum Gasteiger partial charge on any atom is 0.337 e. The van der Waals surface area contributed by atoms with Crippen LogP contribution < -0.4 is 5.32 Å². The van der Waals surface area contributed by atoms with Crippen molar-refractivity contribution in [3.8, 4) is 11.8 Å². The van der Waals surface area contributed by atoms with Crippen LogP contribution in [0.25, 0.3) is 0 Å². The molecule has 3 rings (SSSR count). The second-order valence-electron chi connectivity index (χ2n) is 6.04. The quantitative estimate of drug-likeness (QED) is 0.675. The number of amides is 2. The van der Waals surface area contributed by atoms with Crippen molar-refractivity contribution in [1.82, 2.24) is 10.2 Å². The number of nitrogens with zero attached hydrogens (tertiary/aromatic N) is 1. The first-order chi connectivity index (χ1) is 13.1. The number of hydrogen-bond donors (Lipinski definition) is 1. The van der Waals surface area contributed by atoms with Crippen molar-refractivity contribution in [2.24, 2.45) is 0 Å². The summed E-state index contributed by atoms with van der Waals surface area (Å²) in [6.07, 6.45) is 0. The second-order valence-corrected chi connectivity index (χ2v) is 6.04. The Morgan fingerprint density at radius 3 is 2.37 bits per heavy atom. The van der Waals surface area contributed by atoms with E-state index in [1.165, 1.54) is 12.0 Å². The van der Waals surface area contributed by atoms with E-state index in [0.29, 0.717) is 11.3 Å². The van der Waals surface area contributed by atoms with Gasteiger partial charge in [0.25, 0.3) is 0 Å². The summed E-state index contributed by atoms with van der Waals surface area (Å²) < 4.78 is 4.96. The minimum atomic E-state index is -0.551. The molecular weight excluding hydrogens is 340 g/mol. The average molecular weight is 360 g/mol. The third-order valence-electron chi connectivity index (χ3n) is 4.38. The van der Waals surface area contributed by atoms with Gasteiger partial charge in [-0.05, 0) is 24.6 Å². The van der Waals surface area contributed by atoms with Crippen LogP contribution in [0.3, 0.4) is 0 Å². The standard InChI is InChI=1S/C22H20N2O3/c1-16-19(21(25)27-2)20(18-13-7-4-8-14-18)23-22(26)24(16)15-9-12-17-10-5-3-6-11-17/h3-8,10-11,13-14,20H,15H2,1-2H3,(H,23,26). The molecule has 1 aliphatic heterocycles. The summed E-state index contributed by atoms with van der Waals surface area (Å²) in [6, 6.07) is 18.0. The van der Waals surface area contributed by atoms with Crippen LogP contribution in [-0.4, -0.2) is 30.6 Å². The number of nitrogens with one attached hydrogen (secondary N) is 1. The van der Waals surface area contributed by atoms with Crippen molar-refractivity contribution in [3.05, 3.63) is 83.1 Å². The lowest BCUT2D eigenvalue weighted by molar-refractivity contribution is -0.136. The fraction of sp³-hybridized carbons (Fsp3) is 0.182. The number of hydrogen-bond acceptors (Lipinski definition) is 3. The van der Waals surface area contributed by atoms with E-state index >= 15 is 0 Å². The lowest BCUT2D eigenvalue weighted by Crippen LogP contribution is -2.48. The number of benzene rings is 2. The number of methoxy groups -OCH3 is 1. The Morgan fingerprint density at radius 1 is 1.11 bits per heavy atom. The molecule has 27 heavy (non-hydrogen) atoms. The normalized spacial score (nSPS) is 16.3. The van der Waals surface area contributed by atoms with Crippen LogP contribution >= 0.6 is 0 Å². The zero-order valence-corrected chi connectivity index (χ0v) is 15.2. The molecule has 2 aromatic carbocycles. The number of allylic oxidation sites excluding steroid dienone is 1. The molecule has 0 aliphatic carbocycles. The third-order valence-corrected chi connectivity index (χ3v) is 4.38. The maximum absolute atomic E-state index is 12.6. The molecule has 1 unspecified atom stereocenters. The average Bonchev–Trinajstić information content (AvgIpc) is 2.71. The van der Waals surface area contributed by atoms with Crippen molar-refractivity contribution in [2.45, 2.75) is 13.0 Å². The minimum absolute atomic E-state index is 0.175. The van der Waals surface area contributed by atoms with Gasteiger partial charge in [-0.25, -0.2) is 9.59 Å². The van der Waals surface area contributed by atoms with Gasteiger partial charge < -0.3 is 10.1 Å². The molecule has 1 heterocycles. The van der Waals surface area contributed by atoms with E-state index < -0.39 is 12.0 Å². The number of carbonyl (C=O) groups is 2. The Bertz CT molecular complexity index is 924. The van der Waals surface area contributed by atoms with Crippen LogP contribution in [-0.2, 0) is 9.53 Å². The molecule has 2 aromatic rings. The fourth-order valence-corrected chi connectivity index (χ4v) is 2.98. The van der Waals surface area contributed by atoms with Gasteiger partial charge in [0, 0.05) is 11.3 Å². The minimum Gasteiger partial charge on any atom is -0.466 e. The van der Waals surface area contributed by atoms with Crippen molar-refractivity contribution in [3.63, 3.8) is 0 Å². The summed E-state index contributed by atoms with van der Waals surface area (Å²) in [5.74, 6) is 5.55. The smallest absolute Gasteiger partial charge is 0.337 e. The monoisotopic (exact) mass is 360 g/mol. The Morgan fingerprint density at radius 2 is 1.74 bits per heavy atom. The summed E-state index contributed by atoms with van der Waals surface area (Å²) >= 11 is 0. The van der Waals surface area contributed by atoms with Gasteiger partial charge in [0.05, 0.1) is 25.3 Å². The summed E-state index contributed by atoms with van der Waals surface area (Å²) in [7, 11) is 1.33. The molecular formula is C22H20N2O3. The van der Waals surface area contributed by atoms with Gasteiger partial charge in [-0.1, -0.05) is 60.4 Å². The summed E-state index contributed by atoms with van der Waals surface area (Å²) in [4.78, 5) is 26.5. The van der Waals surface area contributed by atoms with Crippen LogP contribution in [0.1, 0.15) is 24.1 Å². The van der Waals surface area contributed by atoms with E-state index in [9.17, 15) is 9.59 Å². The van der Waals surface area contributed by atoms with Crippen molar-refractivity contribution in [1.29, 1.82) is 0 Å². The van der Waals surface area contributed by atoms with Gasteiger partial charge in [0.2, 0.25) is 0 Å². The first-order valence-electron chi connectivity index (χ1n) is 8.58. The number of esters is 1. The molecule has 0 radical (unpaired) electrons. The molecule has 0 spiro atoms.